The van der Waals surface area contributed by atoms with Crippen molar-refractivity contribution in [1.82, 2.24) is 4.97 Å². The van der Waals surface area contributed by atoms with E-state index in [1.807, 2.05) is 4.97 Å². The van der Waals surface area contributed by atoms with Crippen molar-refractivity contribution >= 4 is 7.41 Å². The number of unbranched alkanes of at least 4 members (excludes halogenated alkanes) is 2. The Balaban J connectivity index is 1.91. The van der Waals surface area contributed by atoms with Crippen molar-refractivity contribution in [2.45, 2.75) is 32.5 Å². The van der Waals surface area contributed by atoms with Gasteiger partial charge in [-0.25, -0.2) is 4.97 Å². The molecule has 1 heterocycles. The average molecular weight is 140 g/mol. The highest BCUT2D eigenvalue weighted by atomic mass is 16.7. The maximum absolute atomic E-state index is 5.28. The molecular weight excluding hydrogens is 125 g/mol. The van der Waals surface area contributed by atoms with Gasteiger partial charge in [-0.15, -0.1) is 0 Å². The lowest BCUT2D eigenvalue weighted by atomic mass is 9.91. The maximum Gasteiger partial charge on any atom is 0.248 e. The Morgan fingerprint density at radius 3 is 3.00 bits per heavy atom. The van der Waals surface area contributed by atoms with E-state index in [2.05, 4.69) is 14.3 Å². The van der Waals surface area contributed by atoms with Gasteiger partial charge in [0.2, 0.25) is 7.41 Å². The summed E-state index contributed by atoms with van der Waals surface area (Å²) in [4.78, 5) is 7.25. The summed E-state index contributed by atoms with van der Waals surface area (Å²) >= 11 is 0. The third kappa shape index (κ3) is 2.71. The minimum atomic E-state index is 0.881. The van der Waals surface area contributed by atoms with E-state index < -0.39 is 0 Å². The molecule has 1 aliphatic heterocycles. The molecule has 0 unspecified atom stereocenters. The lowest BCUT2D eigenvalue weighted by molar-refractivity contribution is -0.0610. The Morgan fingerprint density at radius 2 is 2.40 bits per heavy atom. The molecule has 0 aromatic rings. The van der Waals surface area contributed by atoms with Crippen LogP contribution in [0.15, 0.2) is 0 Å². The van der Waals surface area contributed by atoms with Gasteiger partial charge in [-0.1, -0.05) is 19.8 Å². The molecule has 1 fully saturated rings. The van der Waals surface area contributed by atoms with Crippen molar-refractivity contribution in [3.63, 3.8) is 0 Å². The maximum atomic E-state index is 5.28. The molecule has 1 radical (unpaired) electrons. The second-order valence-corrected chi connectivity index (χ2v) is 2.65. The molecular formula is C7H15BNO. The second-order valence-electron chi connectivity index (χ2n) is 2.65. The van der Waals surface area contributed by atoms with Crippen LogP contribution in [0.25, 0.3) is 0 Å². The molecule has 1 aliphatic rings. The van der Waals surface area contributed by atoms with E-state index in [1.165, 1.54) is 19.3 Å². The predicted octanol–water partition coefficient (Wildman–Crippen LogP) is 1.46. The first-order valence-corrected chi connectivity index (χ1v) is 4.16. The van der Waals surface area contributed by atoms with Crippen LogP contribution in [0, 0.1) is 0 Å². The smallest absolute Gasteiger partial charge is 0.248 e. The van der Waals surface area contributed by atoms with Crippen molar-refractivity contribution in [2.75, 3.05) is 13.2 Å². The van der Waals surface area contributed by atoms with Gasteiger partial charge in [-0.3, -0.25) is 0 Å². The summed E-state index contributed by atoms with van der Waals surface area (Å²) in [7, 11) is 2.13. The molecule has 1 rings (SSSR count). The first-order chi connectivity index (χ1) is 4.93. The van der Waals surface area contributed by atoms with Crippen LogP contribution in [-0.4, -0.2) is 25.5 Å². The molecule has 0 spiro atoms. The third-order valence-electron chi connectivity index (χ3n) is 1.69. The summed E-state index contributed by atoms with van der Waals surface area (Å²) in [5.74, 6) is 0. The summed E-state index contributed by atoms with van der Waals surface area (Å²) in [5, 5.41) is 0. The summed E-state index contributed by atoms with van der Waals surface area (Å²) in [6.45, 7) is 4.18. The molecule has 0 atom stereocenters. The molecule has 0 aliphatic carbocycles. The quantitative estimate of drug-likeness (QED) is 0.433. The minimum absolute atomic E-state index is 0.881. The van der Waals surface area contributed by atoms with Gasteiger partial charge in [0.25, 0.3) is 0 Å². The normalized spacial score (nSPS) is 19.3. The van der Waals surface area contributed by atoms with Crippen molar-refractivity contribution in [3.8, 4) is 0 Å². The number of hydrogen-bond acceptors (Lipinski definition) is 2. The first-order valence-electron chi connectivity index (χ1n) is 4.16. The van der Waals surface area contributed by atoms with Crippen LogP contribution in [0.1, 0.15) is 26.2 Å². The number of nitrogens with zero attached hydrogens (tertiary/aromatic N) is 1. The zero-order valence-corrected chi connectivity index (χ0v) is 6.68. The summed E-state index contributed by atoms with van der Waals surface area (Å²) in [6, 6.07) is 0. The topological polar surface area (TPSA) is 12.5 Å². The Bertz CT molecular complexity index is 83.7. The van der Waals surface area contributed by atoms with E-state index in [1.54, 1.807) is 0 Å². The lowest BCUT2D eigenvalue weighted by Crippen LogP contribution is -2.21. The zero-order chi connectivity index (χ0) is 7.23. The SMILES string of the molecule is CCCCCN1[B]CCO1. The lowest BCUT2D eigenvalue weighted by Gasteiger charge is -2.12. The van der Waals surface area contributed by atoms with Gasteiger partial charge < -0.3 is 4.84 Å². The molecule has 0 N–H and O–H groups in total. The fourth-order valence-electron chi connectivity index (χ4n) is 1.09. The fraction of sp³-hybridized carbons (Fsp3) is 1.00. The van der Waals surface area contributed by atoms with Gasteiger partial charge in [-0.05, 0) is 12.7 Å². The molecule has 0 aromatic carbocycles. The second kappa shape index (κ2) is 4.75. The molecule has 0 amide bonds. The zero-order valence-electron chi connectivity index (χ0n) is 6.68. The molecule has 10 heavy (non-hydrogen) atoms. The Kier molecular flexibility index (Phi) is 3.84. The monoisotopic (exact) mass is 140 g/mol. The van der Waals surface area contributed by atoms with Crippen molar-refractivity contribution in [2.24, 2.45) is 0 Å². The third-order valence-corrected chi connectivity index (χ3v) is 1.69. The standard InChI is InChI=1S/C7H15BNO/c1-2-3-4-6-9-8-5-7-10-9/h2-7H2,1H3. The van der Waals surface area contributed by atoms with Crippen LogP contribution in [-0.2, 0) is 4.84 Å². The van der Waals surface area contributed by atoms with Gasteiger partial charge >= 0.3 is 0 Å². The highest BCUT2D eigenvalue weighted by molar-refractivity contribution is 6.32. The van der Waals surface area contributed by atoms with E-state index in [-0.39, 0.29) is 0 Å². The van der Waals surface area contributed by atoms with Crippen LogP contribution in [0.5, 0.6) is 0 Å². The highest BCUT2D eigenvalue weighted by Crippen LogP contribution is 2.04. The van der Waals surface area contributed by atoms with Gasteiger partial charge in [0, 0.05) is 6.54 Å². The molecule has 0 bridgehead atoms. The average Bonchev–Trinajstić information content (AvgIpc) is 2.41. The minimum Gasteiger partial charge on any atom is -0.312 e. The van der Waals surface area contributed by atoms with Gasteiger partial charge in [0.15, 0.2) is 0 Å². The van der Waals surface area contributed by atoms with Crippen molar-refractivity contribution < 1.29 is 4.84 Å². The Morgan fingerprint density at radius 1 is 1.50 bits per heavy atom. The molecule has 0 saturated carbocycles. The highest BCUT2D eigenvalue weighted by Gasteiger charge is 2.12. The van der Waals surface area contributed by atoms with Crippen LogP contribution < -0.4 is 0 Å². The summed E-state index contributed by atoms with van der Waals surface area (Å²) < 4.78 is 0. The van der Waals surface area contributed by atoms with E-state index in [0.717, 1.165) is 19.5 Å². The summed E-state index contributed by atoms with van der Waals surface area (Å²) in [5.41, 5.74) is 0. The van der Waals surface area contributed by atoms with Gasteiger partial charge in [0.05, 0.1) is 6.61 Å². The van der Waals surface area contributed by atoms with Gasteiger partial charge in [0.1, 0.15) is 0 Å². The fourth-order valence-corrected chi connectivity index (χ4v) is 1.09. The molecule has 57 valence electrons. The van der Waals surface area contributed by atoms with Gasteiger partial charge in [-0.2, -0.15) is 0 Å². The molecule has 0 aromatic heterocycles. The first kappa shape index (κ1) is 8.09. The number of rotatable bonds is 4. The largest absolute Gasteiger partial charge is 0.312 e. The molecule has 3 heteroatoms. The number of hydroxylamine groups is 1. The Labute approximate surface area is 63.8 Å². The van der Waals surface area contributed by atoms with Crippen molar-refractivity contribution in [1.29, 1.82) is 0 Å². The van der Waals surface area contributed by atoms with Crippen LogP contribution in [0.4, 0.5) is 0 Å². The molecule has 1 saturated heterocycles. The van der Waals surface area contributed by atoms with E-state index in [9.17, 15) is 0 Å². The van der Waals surface area contributed by atoms with E-state index in [0.29, 0.717) is 0 Å². The van der Waals surface area contributed by atoms with E-state index >= 15 is 0 Å². The van der Waals surface area contributed by atoms with Crippen molar-refractivity contribution in [3.05, 3.63) is 0 Å². The molecule has 2 nitrogen and oxygen atoms in total. The number of hydrogen-bond donors (Lipinski definition) is 0. The predicted molar refractivity (Wildman–Crippen MR) is 42.7 cm³/mol. The Hall–Kier alpha value is -0.0151. The summed E-state index contributed by atoms with van der Waals surface area (Å²) in [6.07, 6.45) is 4.95. The van der Waals surface area contributed by atoms with E-state index in [4.69, 9.17) is 4.84 Å². The van der Waals surface area contributed by atoms with Crippen LogP contribution in [0.3, 0.4) is 0 Å². The van der Waals surface area contributed by atoms with Crippen LogP contribution in [0.2, 0.25) is 6.32 Å². The van der Waals surface area contributed by atoms with Crippen LogP contribution >= 0.6 is 0 Å².